The zero-order valence-corrected chi connectivity index (χ0v) is 33.3. The number of aliphatic hydroxyl groups is 1. The maximum absolute atomic E-state index is 13.8. The molecule has 0 bridgehead atoms. The van der Waals surface area contributed by atoms with Crippen molar-refractivity contribution in [1.29, 1.82) is 0 Å². The number of aliphatic hydroxyl groups excluding tert-OH is 1. The average Bonchev–Trinajstić information content (AvgIpc) is 3.15. The Balaban J connectivity index is 1.50. The molecule has 6 unspecified atom stereocenters. The standard InChI is InChI=1S/C41H64N6O7/c1-28-11-12-29(2)37(24-28)54-45-35(25-30-15-19-33(20-16-30)53-23-22-43-40(50)51-6)36(48)27-47(44-39(49)38(46-52-7)41(3,4)5)26-31-13-17-32(18-14-31)34-10-8-9-21-42-34/h8-10,13-14,17-19,21,28-30,35-38,45-46,48H,11-12,15-16,20,22-27H2,1-7H3,(H,43,50)(H,44,49)/t28?,29?,30-,35?,36?,37?,38?/m1/s1. The lowest BCUT2D eigenvalue weighted by molar-refractivity contribution is -0.137. The van der Waals surface area contributed by atoms with Crippen molar-refractivity contribution in [2.75, 3.05) is 33.9 Å². The van der Waals surface area contributed by atoms with Gasteiger partial charge in [0.1, 0.15) is 12.6 Å². The van der Waals surface area contributed by atoms with E-state index in [1.54, 1.807) is 11.2 Å². The van der Waals surface area contributed by atoms with Crippen LogP contribution in [-0.4, -0.2) is 85.3 Å². The maximum Gasteiger partial charge on any atom is 0.406 e. The Morgan fingerprint density at radius 3 is 2.46 bits per heavy atom. The molecule has 1 aromatic carbocycles. The summed E-state index contributed by atoms with van der Waals surface area (Å²) in [4.78, 5) is 41.2. The van der Waals surface area contributed by atoms with Crippen LogP contribution in [0.5, 0.6) is 0 Å². The molecule has 0 aliphatic heterocycles. The van der Waals surface area contributed by atoms with Gasteiger partial charge in [0.05, 0.1) is 50.5 Å². The molecule has 13 heteroatoms. The third kappa shape index (κ3) is 13.9. The summed E-state index contributed by atoms with van der Waals surface area (Å²) in [7, 11) is 2.83. The smallest absolute Gasteiger partial charge is 0.406 e. The van der Waals surface area contributed by atoms with E-state index in [-0.39, 0.29) is 24.5 Å². The Kier molecular flexibility index (Phi) is 17.2. The van der Waals surface area contributed by atoms with Crippen LogP contribution < -0.4 is 21.7 Å². The van der Waals surface area contributed by atoms with Crippen LogP contribution in [0, 0.1) is 23.2 Å². The zero-order chi connectivity index (χ0) is 39.1. The highest BCUT2D eigenvalue weighted by Gasteiger charge is 2.35. The minimum atomic E-state index is -0.885. The number of nitrogens with one attached hydrogen (secondary N) is 4. The number of hydroxylamine groups is 2. The number of methoxy groups -OCH3 is 1. The zero-order valence-electron chi connectivity index (χ0n) is 33.3. The first-order chi connectivity index (χ1) is 25.9. The summed E-state index contributed by atoms with van der Waals surface area (Å²) in [6.45, 7) is 11.6. The Morgan fingerprint density at radius 2 is 1.81 bits per heavy atom. The van der Waals surface area contributed by atoms with Crippen molar-refractivity contribution >= 4 is 12.0 Å². The summed E-state index contributed by atoms with van der Waals surface area (Å²) >= 11 is 0. The first-order valence-electron chi connectivity index (χ1n) is 19.4. The predicted octanol–water partition coefficient (Wildman–Crippen LogP) is 5.67. The molecule has 2 aliphatic carbocycles. The number of rotatable bonds is 19. The van der Waals surface area contributed by atoms with Gasteiger partial charge < -0.3 is 24.7 Å². The van der Waals surface area contributed by atoms with Crippen molar-refractivity contribution in [2.45, 2.75) is 110 Å². The molecule has 7 atom stereocenters. The summed E-state index contributed by atoms with van der Waals surface area (Å²) < 4.78 is 10.5. The van der Waals surface area contributed by atoms with E-state index in [4.69, 9.17) is 14.4 Å². The highest BCUT2D eigenvalue weighted by molar-refractivity contribution is 5.82. The van der Waals surface area contributed by atoms with E-state index in [0.29, 0.717) is 38.0 Å². The molecule has 1 aromatic heterocycles. The van der Waals surface area contributed by atoms with Gasteiger partial charge in [-0.15, -0.1) is 0 Å². The quantitative estimate of drug-likeness (QED) is 0.0891. The van der Waals surface area contributed by atoms with Gasteiger partial charge in [-0.25, -0.2) is 9.80 Å². The predicted molar refractivity (Wildman–Crippen MR) is 208 cm³/mol. The number of carbonyl (C=O) groups is 2. The number of hydrogen-bond donors (Lipinski definition) is 5. The molecule has 0 radical (unpaired) electrons. The van der Waals surface area contributed by atoms with Crippen molar-refractivity contribution in [3.8, 4) is 11.3 Å². The van der Waals surface area contributed by atoms with Crippen molar-refractivity contribution in [3.63, 3.8) is 0 Å². The van der Waals surface area contributed by atoms with E-state index in [0.717, 1.165) is 54.7 Å². The number of carbonyl (C=O) groups excluding carboxylic acids is 2. The molecule has 2 amide bonds. The minimum Gasteiger partial charge on any atom is -0.496 e. The number of alkyl carbamates (subject to hydrolysis) is 1. The number of benzene rings is 1. The maximum atomic E-state index is 13.8. The molecule has 1 heterocycles. The van der Waals surface area contributed by atoms with Gasteiger partial charge in [0.2, 0.25) is 0 Å². The minimum absolute atomic E-state index is 0.0504. The number of ether oxygens (including phenoxy) is 2. The molecular weight excluding hydrogens is 688 g/mol. The fourth-order valence-electron chi connectivity index (χ4n) is 7.08. The molecule has 5 N–H and O–H groups in total. The van der Waals surface area contributed by atoms with Gasteiger partial charge >= 0.3 is 6.09 Å². The molecule has 2 aliphatic rings. The molecule has 1 fully saturated rings. The van der Waals surface area contributed by atoms with E-state index >= 15 is 0 Å². The lowest BCUT2D eigenvalue weighted by atomic mass is 9.82. The topological polar surface area (TPSA) is 156 Å². The molecule has 13 nitrogen and oxygen atoms in total. The molecule has 300 valence electrons. The van der Waals surface area contributed by atoms with Crippen LogP contribution in [0.15, 0.2) is 60.5 Å². The lowest BCUT2D eigenvalue weighted by Crippen LogP contribution is -2.58. The van der Waals surface area contributed by atoms with E-state index in [1.165, 1.54) is 20.6 Å². The highest BCUT2D eigenvalue weighted by atomic mass is 16.7. The van der Waals surface area contributed by atoms with E-state index < -0.39 is 29.7 Å². The number of allylic oxidation sites excluding steroid dienone is 2. The molecule has 0 spiro atoms. The molecule has 54 heavy (non-hydrogen) atoms. The van der Waals surface area contributed by atoms with Crippen molar-refractivity contribution in [1.82, 2.24) is 31.7 Å². The fraction of sp³-hybridized carbons (Fsp3) is 0.634. The fourth-order valence-corrected chi connectivity index (χ4v) is 7.08. The van der Waals surface area contributed by atoms with Gasteiger partial charge in [0.25, 0.3) is 5.91 Å². The van der Waals surface area contributed by atoms with Crippen LogP contribution >= 0.6 is 0 Å². The largest absolute Gasteiger partial charge is 0.496 e. The SMILES string of the molecule is CONC(C(=O)NN(Cc1ccc(-c2ccccn2)cc1)CC(O)C(C[C@@H]1CC=C(OCCNC(=O)OC)CC1)NOC1CC(C)CCC1C)C(C)(C)C. The summed E-state index contributed by atoms with van der Waals surface area (Å²) in [5.41, 5.74) is 11.7. The van der Waals surface area contributed by atoms with Crippen molar-refractivity contribution in [2.24, 2.45) is 23.2 Å². The number of amides is 2. The molecule has 0 saturated heterocycles. The van der Waals surface area contributed by atoms with Crippen LogP contribution in [0.3, 0.4) is 0 Å². The van der Waals surface area contributed by atoms with Gasteiger partial charge in [-0.1, -0.05) is 71.4 Å². The summed E-state index contributed by atoms with van der Waals surface area (Å²) in [5.74, 6) is 1.91. The van der Waals surface area contributed by atoms with Gasteiger partial charge in [-0.2, -0.15) is 11.0 Å². The Morgan fingerprint density at radius 1 is 1.04 bits per heavy atom. The molecule has 2 aromatic rings. The first kappa shape index (κ1) is 43.1. The second kappa shape index (κ2) is 21.5. The number of hydrogen-bond acceptors (Lipinski definition) is 11. The Labute approximate surface area is 321 Å². The van der Waals surface area contributed by atoms with Crippen LogP contribution in [0.25, 0.3) is 11.3 Å². The van der Waals surface area contributed by atoms with Crippen LogP contribution in [0.2, 0.25) is 0 Å². The van der Waals surface area contributed by atoms with Crippen LogP contribution in [0.4, 0.5) is 4.79 Å². The summed E-state index contributed by atoms with van der Waals surface area (Å²) in [6.07, 6.45) is 8.94. The average molecular weight is 753 g/mol. The van der Waals surface area contributed by atoms with E-state index in [9.17, 15) is 14.7 Å². The summed E-state index contributed by atoms with van der Waals surface area (Å²) in [5, 5.41) is 16.5. The monoisotopic (exact) mass is 752 g/mol. The third-order valence-corrected chi connectivity index (χ3v) is 10.5. The Hall–Kier alpha value is -3.59. The molecule has 4 rings (SSSR count). The number of hydrazine groups is 1. The highest BCUT2D eigenvalue weighted by Crippen LogP contribution is 2.32. The number of aromatic nitrogens is 1. The van der Waals surface area contributed by atoms with Crippen molar-refractivity contribution < 1.29 is 33.8 Å². The number of pyridine rings is 1. The third-order valence-electron chi connectivity index (χ3n) is 10.5. The van der Waals surface area contributed by atoms with Gasteiger partial charge in [-0.05, 0) is 79.0 Å². The van der Waals surface area contributed by atoms with Gasteiger partial charge in [0.15, 0.2) is 0 Å². The van der Waals surface area contributed by atoms with E-state index in [1.807, 2.05) is 63.2 Å². The summed E-state index contributed by atoms with van der Waals surface area (Å²) in [6, 6.07) is 12.9. The first-order valence-corrected chi connectivity index (χ1v) is 19.4. The lowest BCUT2D eigenvalue weighted by Gasteiger charge is -2.37. The van der Waals surface area contributed by atoms with Gasteiger partial charge in [0, 0.05) is 31.3 Å². The van der Waals surface area contributed by atoms with Crippen LogP contribution in [0.1, 0.15) is 85.1 Å². The Bertz CT molecular complexity index is 1450. The second-order valence-corrected chi connectivity index (χ2v) is 16.0. The van der Waals surface area contributed by atoms with Crippen LogP contribution in [-0.2, 0) is 30.5 Å². The normalized spacial score (nSPS) is 22.1. The van der Waals surface area contributed by atoms with Gasteiger partial charge in [-0.3, -0.25) is 20.0 Å². The molecule has 1 saturated carbocycles. The second-order valence-electron chi connectivity index (χ2n) is 16.0. The van der Waals surface area contributed by atoms with E-state index in [2.05, 4.69) is 51.3 Å². The number of nitrogens with zero attached hydrogens (tertiary/aromatic N) is 2. The molecular formula is C41H64N6O7. The van der Waals surface area contributed by atoms with Crippen molar-refractivity contribution in [3.05, 3.63) is 66.1 Å².